The summed E-state index contributed by atoms with van der Waals surface area (Å²) in [5, 5.41) is 7.53. The van der Waals surface area contributed by atoms with Gasteiger partial charge in [-0.25, -0.2) is 14.3 Å². The largest absolute Gasteiger partial charge is 0.380 e. The first-order chi connectivity index (χ1) is 12.2. The van der Waals surface area contributed by atoms with Crippen molar-refractivity contribution in [3.8, 4) is 11.1 Å². The van der Waals surface area contributed by atoms with Crippen LogP contribution in [0.3, 0.4) is 0 Å². The minimum atomic E-state index is -0.254. The van der Waals surface area contributed by atoms with Gasteiger partial charge < -0.3 is 10.5 Å². The number of ether oxygens (including phenoxy) is 1. The lowest BCUT2D eigenvalue weighted by Gasteiger charge is -2.10. The van der Waals surface area contributed by atoms with E-state index in [4.69, 9.17) is 10.5 Å². The Morgan fingerprint density at radius 1 is 1.12 bits per heavy atom. The number of pyridine rings is 1. The van der Waals surface area contributed by atoms with E-state index < -0.39 is 0 Å². The summed E-state index contributed by atoms with van der Waals surface area (Å²) < 4.78 is 6.73. The Kier molecular flexibility index (Phi) is 3.83. The first-order valence-electron chi connectivity index (χ1n) is 8.02. The zero-order valence-electron chi connectivity index (χ0n) is 13.8. The van der Waals surface area contributed by atoms with Gasteiger partial charge in [-0.1, -0.05) is 36.4 Å². The Balaban J connectivity index is 1.93. The summed E-state index contributed by atoms with van der Waals surface area (Å²) in [6.07, 6.45) is 0. The van der Waals surface area contributed by atoms with Crippen LogP contribution in [-0.2, 0) is 17.9 Å². The Morgan fingerprint density at radius 2 is 1.88 bits per heavy atom. The highest BCUT2D eigenvalue weighted by molar-refractivity contribution is 5.89. The average Bonchev–Trinajstić information content (AvgIpc) is 3.02. The van der Waals surface area contributed by atoms with Crippen molar-refractivity contribution in [1.29, 1.82) is 0 Å². The number of nitrogens with two attached hydrogens (primary N) is 1. The van der Waals surface area contributed by atoms with Crippen LogP contribution in [0.5, 0.6) is 0 Å². The lowest BCUT2D eigenvalue weighted by molar-refractivity contribution is 0.185. The van der Waals surface area contributed by atoms with Crippen molar-refractivity contribution in [2.75, 3.05) is 7.11 Å². The molecule has 0 saturated heterocycles. The summed E-state index contributed by atoms with van der Waals surface area (Å²) in [6.45, 7) is 0.974. The van der Waals surface area contributed by atoms with Gasteiger partial charge in [-0.2, -0.15) is 5.10 Å². The van der Waals surface area contributed by atoms with Gasteiger partial charge in [0.25, 0.3) is 0 Å². The zero-order chi connectivity index (χ0) is 17.4. The molecule has 0 bridgehead atoms. The van der Waals surface area contributed by atoms with Gasteiger partial charge in [-0.3, -0.25) is 0 Å². The van der Waals surface area contributed by atoms with E-state index >= 15 is 0 Å². The third-order valence-electron chi connectivity index (χ3n) is 4.40. The highest BCUT2D eigenvalue weighted by atomic mass is 16.5. The van der Waals surface area contributed by atoms with Gasteiger partial charge in [-0.15, -0.1) is 0 Å². The van der Waals surface area contributed by atoms with E-state index in [0.29, 0.717) is 18.8 Å². The smallest absolute Gasteiger partial charge is 0.348 e. The van der Waals surface area contributed by atoms with Crippen LogP contribution >= 0.6 is 0 Å². The predicted molar refractivity (Wildman–Crippen MR) is 97.4 cm³/mol. The van der Waals surface area contributed by atoms with Crippen LogP contribution in [0.1, 0.15) is 11.1 Å². The number of fused-ring (bicyclic) bond motifs is 3. The molecule has 4 aromatic rings. The number of nitrogens with one attached hydrogen (secondary N) is 1. The van der Waals surface area contributed by atoms with E-state index in [-0.39, 0.29) is 5.69 Å². The van der Waals surface area contributed by atoms with Crippen molar-refractivity contribution < 1.29 is 4.74 Å². The molecular formula is C19H18N4O2. The van der Waals surface area contributed by atoms with Gasteiger partial charge in [0, 0.05) is 19.0 Å². The summed E-state index contributed by atoms with van der Waals surface area (Å²) in [5.74, 6) is 0. The number of hydrogen-bond donors (Lipinski definition) is 2. The molecule has 2 heterocycles. The molecule has 0 spiro atoms. The second-order valence-electron chi connectivity index (χ2n) is 5.96. The standard InChI is InChI=1S/C19H18N4O2/c1-25-11-12-2-4-13(5-3-12)14-6-7-16-15(10-20)9-18-21-22-19(24)23(18)17(16)8-14/h2-9H,10-11,20H2,1H3,(H,22,24). The quantitative estimate of drug-likeness (QED) is 0.600. The molecule has 0 radical (unpaired) electrons. The topological polar surface area (TPSA) is 85.4 Å². The number of benzene rings is 2. The lowest BCUT2D eigenvalue weighted by Crippen LogP contribution is -2.11. The second-order valence-corrected chi connectivity index (χ2v) is 5.96. The number of methoxy groups -OCH3 is 1. The Morgan fingerprint density at radius 3 is 2.60 bits per heavy atom. The predicted octanol–water partition coefficient (Wildman–Crippen LogP) is 2.45. The third-order valence-corrected chi connectivity index (χ3v) is 4.40. The molecule has 25 heavy (non-hydrogen) atoms. The first-order valence-corrected chi connectivity index (χ1v) is 8.02. The van der Waals surface area contributed by atoms with Gasteiger partial charge >= 0.3 is 5.69 Å². The minimum absolute atomic E-state index is 0.254. The molecule has 0 unspecified atom stereocenters. The summed E-state index contributed by atoms with van der Waals surface area (Å²) in [6, 6.07) is 16.1. The van der Waals surface area contributed by atoms with E-state index in [1.807, 2.05) is 36.4 Å². The monoisotopic (exact) mass is 334 g/mol. The summed E-state index contributed by atoms with van der Waals surface area (Å²) >= 11 is 0. The van der Waals surface area contributed by atoms with Gasteiger partial charge in [0.1, 0.15) is 0 Å². The fraction of sp³-hybridized carbons (Fsp3) is 0.158. The van der Waals surface area contributed by atoms with E-state index in [1.54, 1.807) is 11.5 Å². The average molecular weight is 334 g/mol. The molecule has 0 amide bonds. The molecule has 0 aliphatic rings. The maximum atomic E-state index is 12.2. The van der Waals surface area contributed by atoms with Crippen molar-refractivity contribution >= 4 is 16.6 Å². The molecule has 6 nitrogen and oxygen atoms in total. The number of aromatic nitrogens is 3. The molecule has 0 saturated carbocycles. The first kappa shape index (κ1) is 15.6. The van der Waals surface area contributed by atoms with E-state index in [9.17, 15) is 4.79 Å². The lowest BCUT2D eigenvalue weighted by atomic mass is 10.0. The molecule has 2 aromatic carbocycles. The Labute approximate surface area is 143 Å². The maximum Gasteiger partial charge on any atom is 0.348 e. The molecule has 0 atom stereocenters. The van der Waals surface area contributed by atoms with Crippen LogP contribution in [0.4, 0.5) is 0 Å². The van der Waals surface area contributed by atoms with Crippen molar-refractivity contribution in [2.45, 2.75) is 13.2 Å². The van der Waals surface area contributed by atoms with Crippen molar-refractivity contribution in [3.63, 3.8) is 0 Å². The number of hydrogen-bond acceptors (Lipinski definition) is 4. The van der Waals surface area contributed by atoms with Gasteiger partial charge in [0.2, 0.25) is 0 Å². The van der Waals surface area contributed by atoms with Gasteiger partial charge in [-0.05, 0) is 34.4 Å². The second kappa shape index (κ2) is 6.16. The number of nitrogens with zero attached hydrogens (tertiary/aromatic N) is 2. The molecule has 6 heteroatoms. The van der Waals surface area contributed by atoms with Crippen molar-refractivity contribution in [2.24, 2.45) is 5.73 Å². The molecule has 126 valence electrons. The van der Waals surface area contributed by atoms with Crippen LogP contribution in [0.25, 0.3) is 27.7 Å². The molecule has 2 aromatic heterocycles. The van der Waals surface area contributed by atoms with Gasteiger partial charge in [0.05, 0.1) is 12.1 Å². The molecule has 4 rings (SSSR count). The highest BCUT2D eigenvalue weighted by Gasteiger charge is 2.11. The highest BCUT2D eigenvalue weighted by Crippen LogP contribution is 2.27. The van der Waals surface area contributed by atoms with E-state index in [2.05, 4.69) is 22.3 Å². The fourth-order valence-electron chi connectivity index (χ4n) is 3.17. The zero-order valence-corrected chi connectivity index (χ0v) is 13.8. The van der Waals surface area contributed by atoms with Crippen LogP contribution in [-0.4, -0.2) is 21.7 Å². The van der Waals surface area contributed by atoms with Crippen LogP contribution in [0.15, 0.2) is 53.3 Å². The number of rotatable bonds is 4. The van der Waals surface area contributed by atoms with Crippen molar-refractivity contribution in [1.82, 2.24) is 14.6 Å². The third kappa shape index (κ3) is 2.61. The van der Waals surface area contributed by atoms with Crippen LogP contribution in [0, 0.1) is 0 Å². The molecule has 0 aliphatic heterocycles. The maximum absolute atomic E-state index is 12.2. The molecule has 0 aliphatic carbocycles. The van der Waals surface area contributed by atoms with Crippen LogP contribution < -0.4 is 11.4 Å². The SMILES string of the molecule is COCc1ccc(-c2ccc3c(CN)cc4n[nH]c(=O)n4c3c2)cc1. The Hall–Kier alpha value is -2.96. The number of H-pyrrole nitrogens is 1. The normalized spacial score (nSPS) is 11.4. The summed E-state index contributed by atoms with van der Waals surface area (Å²) in [4.78, 5) is 12.2. The van der Waals surface area contributed by atoms with E-state index in [0.717, 1.165) is 33.2 Å². The van der Waals surface area contributed by atoms with Gasteiger partial charge in [0.15, 0.2) is 5.65 Å². The number of aromatic amines is 1. The summed E-state index contributed by atoms with van der Waals surface area (Å²) in [5.41, 5.74) is 11.2. The van der Waals surface area contributed by atoms with Crippen molar-refractivity contribution in [3.05, 3.63) is 70.1 Å². The molecular weight excluding hydrogens is 316 g/mol. The minimum Gasteiger partial charge on any atom is -0.380 e. The fourth-order valence-corrected chi connectivity index (χ4v) is 3.17. The van der Waals surface area contributed by atoms with Crippen LogP contribution in [0.2, 0.25) is 0 Å². The molecule has 0 fully saturated rings. The Bertz CT molecular complexity index is 1110. The summed E-state index contributed by atoms with van der Waals surface area (Å²) in [7, 11) is 1.68. The van der Waals surface area contributed by atoms with E-state index in [1.165, 1.54) is 0 Å². The molecule has 3 N–H and O–H groups in total.